The lowest BCUT2D eigenvalue weighted by atomic mass is 10.4. The van der Waals surface area contributed by atoms with Gasteiger partial charge in [0, 0.05) is 0 Å². The van der Waals surface area contributed by atoms with Crippen molar-refractivity contribution in [2.24, 2.45) is 0 Å². The van der Waals surface area contributed by atoms with Crippen LogP contribution in [0, 0.1) is 0 Å². The first kappa shape index (κ1) is 12.5. The topological polar surface area (TPSA) is 93.0 Å². The smallest absolute Gasteiger partial charge is 0.336 e. The number of nitrogens with one attached hydrogen (secondary N) is 2. The van der Waals surface area contributed by atoms with Gasteiger partial charge in [-0.3, -0.25) is 10.1 Å². The molecule has 0 aliphatic carbocycles. The first-order valence-electron chi connectivity index (χ1n) is 5.08. The van der Waals surface area contributed by atoms with Gasteiger partial charge in [-0.2, -0.15) is 16.7 Å². The minimum Gasteiger partial charge on any atom is -0.466 e. The molecule has 0 saturated carbocycles. The van der Waals surface area contributed by atoms with E-state index in [2.05, 4.69) is 20.5 Å². The first-order chi connectivity index (χ1) is 8.72. The van der Waals surface area contributed by atoms with Crippen molar-refractivity contribution in [2.75, 3.05) is 18.7 Å². The third-order valence-electron chi connectivity index (χ3n) is 2.05. The quantitative estimate of drug-likeness (QED) is 0.854. The summed E-state index contributed by atoms with van der Waals surface area (Å²) in [5.74, 6) is 1.53. The number of methoxy groups -OCH3 is 1. The van der Waals surface area contributed by atoms with E-state index in [1.54, 1.807) is 23.9 Å². The van der Waals surface area contributed by atoms with E-state index in [1.807, 2.05) is 6.26 Å². The van der Waals surface area contributed by atoms with Gasteiger partial charge in [0.2, 0.25) is 5.95 Å². The zero-order valence-corrected chi connectivity index (χ0v) is 10.7. The molecule has 0 atom stereocenters. The molecule has 0 radical (unpaired) electrons. The molecule has 8 heteroatoms. The van der Waals surface area contributed by atoms with Crippen LogP contribution in [0.5, 0.6) is 6.01 Å². The number of aromatic nitrogens is 3. The summed E-state index contributed by atoms with van der Waals surface area (Å²) in [6.07, 6.45) is 1.96. The number of thioether (sulfide) groups is 1. The molecule has 0 bridgehead atoms. The molecule has 0 fully saturated rings. The monoisotopic (exact) mass is 268 g/mol. The number of carbonyl (C=O) groups excluding carboxylic acids is 1. The second kappa shape index (κ2) is 5.58. The minimum absolute atomic E-state index is 0.160. The van der Waals surface area contributed by atoms with E-state index in [0.717, 1.165) is 11.5 Å². The van der Waals surface area contributed by atoms with Crippen molar-refractivity contribution in [1.82, 2.24) is 15.2 Å². The van der Waals surface area contributed by atoms with Crippen molar-refractivity contribution in [1.29, 1.82) is 0 Å². The van der Waals surface area contributed by atoms with Crippen LogP contribution in [0.2, 0.25) is 0 Å². The number of amides is 1. The summed E-state index contributed by atoms with van der Waals surface area (Å²) in [6.45, 7) is 0. The van der Waals surface area contributed by atoms with Crippen molar-refractivity contribution < 1.29 is 13.9 Å². The Morgan fingerprint density at radius 2 is 2.44 bits per heavy atom. The van der Waals surface area contributed by atoms with Gasteiger partial charge in [-0.15, -0.1) is 5.10 Å². The molecule has 1 amide bonds. The molecular weight excluding hydrogens is 256 g/mol. The molecule has 2 N–H and O–H groups in total. The van der Waals surface area contributed by atoms with Gasteiger partial charge in [0.15, 0.2) is 5.76 Å². The van der Waals surface area contributed by atoms with Gasteiger partial charge in [0.25, 0.3) is 5.91 Å². The number of rotatable bonds is 5. The lowest BCUT2D eigenvalue weighted by Crippen LogP contribution is -2.12. The van der Waals surface area contributed by atoms with E-state index in [4.69, 9.17) is 9.15 Å². The van der Waals surface area contributed by atoms with Crippen molar-refractivity contribution >= 4 is 23.6 Å². The Bertz CT molecular complexity index is 537. The largest absolute Gasteiger partial charge is 0.466 e. The van der Waals surface area contributed by atoms with Crippen LogP contribution in [0.1, 0.15) is 16.3 Å². The zero-order chi connectivity index (χ0) is 13.0. The molecule has 0 aliphatic heterocycles. The SMILES string of the molecule is COc1n[nH]c(NC(=O)c2ccc(CSC)o2)n1. The Labute approximate surface area is 107 Å². The molecule has 0 unspecified atom stereocenters. The fourth-order valence-electron chi connectivity index (χ4n) is 1.28. The number of furan rings is 1. The highest BCUT2D eigenvalue weighted by atomic mass is 32.2. The molecule has 2 aromatic rings. The zero-order valence-electron chi connectivity index (χ0n) is 9.89. The van der Waals surface area contributed by atoms with Gasteiger partial charge in [0.1, 0.15) is 5.76 Å². The van der Waals surface area contributed by atoms with E-state index in [1.165, 1.54) is 7.11 Å². The Morgan fingerprint density at radius 1 is 1.61 bits per heavy atom. The summed E-state index contributed by atoms with van der Waals surface area (Å²) >= 11 is 1.62. The van der Waals surface area contributed by atoms with E-state index >= 15 is 0 Å². The van der Waals surface area contributed by atoms with Gasteiger partial charge < -0.3 is 9.15 Å². The standard InChI is InChI=1S/C10H12N4O3S/c1-16-10-12-9(13-14-10)11-8(15)7-4-3-6(17-7)5-18-2/h3-4H,5H2,1-2H3,(H2,11,12,13,14,15). The highest BCUT2D eigenvalue weighted by Crippen LogP contribution is 2.14. The van der Waals surface area contributed by atoms with Crippen LogP contribution in [0.3, 0.4) is 0 Å². The van der Waals surface area contributed by atoms with Gasteiger partial charge >= 0.3 is 6.01 Å². The van der Waals surface area contributed by atoms with Crippen LogP contribution in [0.15, 0.2) is 16.5 Å². The molecule has 0 aliphatic rings. The first-order valence-corrected chi connectivity index (χ1v) is 6.47. The summed E-state index contributed by atoms with van der Waals surface area (Å²) in [4.78, 5) is 15.7. The predicted octanol–water partition coefficient (Wildman–Crippen LogP) is 1.52. The van der Waals surface area contributed by atoms with Gasteiger partial charge in [0.05, 0.1) is 12.9 Å². The van der Waals surface area contributed by atoms with Crippen molar-refractivity contribution in [3.8, 4) is 6.01 Å². The summed E-state index contributed by atoms with van der Waals surface area (Å²) in [5.41, 5.74) is 0. The number of ether oxygens (including phenoxy) is 1. The number of carbonyl (C=O) groups is 1. The van der Waals surface area contributed by atoms with Gasteiger partial charge in [-0.25, -0.2) is 5.10 Å². The Hall–Kier alpha value is -1.96. The number of hydrogen-bond donors (Lipinski definition) is 2. The number of anilines is 1. The lowest BCUT2D eigenvalue weighted by Gasteiger charge is -1.97. The van der Waals surface area contributed by atoms with Crippen LogP contribution >= 0.6 is 11.8 Å². The number of hydrogen-bond acceptors (Lipinski definition) is 6. The summed E-state index contributed by atoms with van der Waals surface area (Å²) < 4.78 is 10.2. The Balaban J connectivity index is 2.02. The molecule has 0 saturated heterocycles. The maximum absolute atomic E-state index is 11.8. The summed E-state index contributed by atoms with van der Waals surface area (Å²) in [7, 11) is 1.44. The molecule has 96 valence electrons. The van der Waals surface area contributed by atoms with E-state index < -0.39 is 0 Å². The van der Waals surface area contributed by atoms with E-state index in [9.17, 15) is 4.79 Å². The second-order valence-corrected chi connectivity index (χ2v) is 4.19. The Morgan fingerprint density at radius 3 is 3.11 bits per heavy atom. The van der Waals surface area contributed by atoms with Crippen LogP contribution in [0.4, 0.5) is 5.95 Å². The van der Waals surface area contributed by atoms with E-state index in [-0.39, 0.29) is 23.6 Å². The average molecular weight is 268 g/mol. The number of H-pyrrole nitrogens is 1. The summed E-state index contributed by atoms with van der Waals surface area (Å²) in [5, 5.41) is 8.75. The molecule has 2 rings (SSSR count). The van der Waals surface area contributed by atoms with Crippen LogP contribution in [-0.2, 0) is 5.75 Å². The third kappa shape index (κ3) is 2.83. The van der Waals surface area contributed by atoms with Crippen LogP contribution in [0.25, 0.3) is 0 Å². The second-order valence-electron chi connectivity index (χ2n) is 3.32. The maximum atomic E-state index is 11.8. The fourth-order valence-corrected chi connectivity index (χ4v) is 1.72. The minimum atomic E-state index is -0.388. The van der Waals surface area contributed by atoms with Gasteiger partial charge in [-0.1, -0.05) is 0 Å². The number of aromatic amines is 1. The number of nitrogens with zero attached hydrogens (tertiary/aromatic N) is 2. The van der Waals surface area contributed by atoms with E-state index in [0.29, 0.717) is 0 Å². The van der Waals surface area contributed by atoms with Crippen molar-refractivity contribution in [2.45, 2.75) is 5.75 Å². The van der Waals surface area contributed by atoms with Crippen LogP contribution < -0.4 is 10.1 Å². The molecule has 18 heavy (non-hydrogen) atoms. The third-order valence-corrected chi connectivity index (χ3v) is 2.62. The molecule has 7 nitrogen and oxygen atoms in total. The summed E-state index contributed by atoms with van der Waals surface area (Å²) in [6, 6.07) is 3.55. The molecular formula is C10H12N4O3S. The lowest BCUT2D eigenvalue weighted by molar-refractivity contribution is 0.0994. The van der Waals surface area contributed by atoms with Crippen molar-refractivity contribution in [3.63, 3.8) is 0 Å². The van der Waals surface area contributed by atoms with Crippen molar-refractivity contribution in [3.05, 3.63) is 23.7 Å². The normalized spacial score (nSPS) is 10.3. The molecule has 0 spiro atoms. The highest BCUT2D eigenvalue weighted by Gasteiger charge is 2.13. The highest BCUT2D eigenvalue weighted by molar-refractivity contribution is 7.97. The fraction of sp³-hybridized carbons (Fsp3) is 0.300. The molecule has 0 aromatic carbocycles. The molecule has 2 heterocycles. The van der Waals surface area contributed by atoms with Gasteiger partial charge in [-0.05, 0) is 18.4 Å². The predicted molar refractivity (Wildman–Crippen MR) is 66.8 cm³/mol. The van der Waals surface area contributed by atoms with Crippen LogP contribution in [-0.4, -0.2) is 34.5 Å². The Kier molecular flexibility index (Phi) is 3.88. The molecule has 2 aromatic heterocycles. The average Bonchev–Trinajstić information content (AvgIpc) is 2.98. The maximum Gasteiger partial charge on any atom is 0.336 e.